The maximum absolute atomic E-state index is 4.47. The number of aryl methyl sites for hydroxylation is 1. The molecule has 17 heavy (non-hydrogen) atoms. The minimum absolute atomic E-state index is 0.365. The van der Waals surface area contributed by atoms with Crippen molar-refractivity contribution < 1.29 is 0 Å². The van der Waals surface area contributed by atoms with Crippen LogP contribution in [0.25, 0.3) is 0 Å². The summed E-state index contributed by atoms with van der Waals surface area (Å²) >= 11 is 0. The molecule has 1 aliphatic rings. The molecule has 94 valence electrons. The summed E-state index contributed by atoms with van der Waals surface area (Å²) < 4.78 is 0. The summed E-state index contributed by atoms with van der Waals surface area (Å²) in [4.78, 5) is 8.79. The maximum atomic E-state index is 4.47. The summed E-state index contributed by atoms with van der Waals surface area (Å²) in [5.41, 5.74) is 2.07. The van der Waals surface area contributed by atoms with Crippen LogP contribution < -0.4 is 5.32 Å². The summed E-state index contributed by atoms with van der Waals surface area (Å²) in [6, 6.07) is 0.365. The molecule has 1 saturated carbocycles. The second kappa shape index (κ2) is 6.10. The van der Waals surface area contributed by atoms with Gasteiger partial charge in [0.2, 0.25) is 0 Å². The summed E-state index contributed by atoms with van der Waals surface area (Å²) in [7, 11) is 2.01. The first-order valence-corrected chi connectivity index (χ1v) is 6.75. The van der Waals surface area contributed by atoms with Gasteiger partial charge >= 0.3 is 0 Å². The highest BCUT2D eigenvalue weighted by molar-refractivity contribution is 5.05. The number of nitrogens with zero attached hydrogens (tertiary/aromatic N) is 2. The molecule has 1 N–H and O–H groups in total. The Hall–Kier alpha value is -0.960. The van der Waals surface area contributed by atoms with Crippen LogP contribution in [-0.4, -0.2) is 17.0 Å². The molecule has 1 unspecified atom stereocenters. The van der Waals surface area contributed by atoms with Gasteiger partial charge in [-0.1, -0.05) is 25.7 Å². The van der Waals surface area contributed by atoms with Crippen molar-refractivity contribution >= 4 is 0 Å². The quantitative estimate of drug-likeness (QED) is 0.849. The normalized spacial score (nSPS) is 18.5. The topological polar surface area (TPSA) is 37.8 Å². The van der Waals surface area contributed by atoms with Crippen LogP contribution in [0.15, 0.2) is 12.4 Å². The fourth-order valence-electron chi connectivity index (χ4n) is 2.72. The molecule has 0 saturated heterocycles. The van der Waals surface area contributed by atoms with Crippen LogP contribution in [0.3, 0.4) is 0 Å². The lowest BCUT2D eigenvalue weighted by atomic mass is 9.97. The van der Waals surface area contributed by atoms with E-state index in [1.807, 2.05) is 26.4 Å². The Bertz CT molecular complexity index is 328. The molecule has 1 atom stereocenters. The highest BCUT2D eigenvalue weighted by atomic mass is 14.9. The first-order chi connectivity index (χ1) is 8.29. The lowest BCUT2D eigenvalue weighted by Gasteiger charge is -2.17. The van der Waals surface area contributed by atoms with E-state index in [0.29, 0.717) is 6.04 Å². The summed E-state index contributed by atoms with van der Waals surface area (Å²) in [5, 5.41) is 3.36. The molecule has 1 aromatic heterocycles. The van der Waals surface area contributed by atoms with E-state index < -0.39 is 0 Å². The number of nitrogens with one attached hydrogen (secondary N) is 1. The van der Waals surface area contributed by atoms with Crippen molar-refractivity contribution in [1.29, 1.82) is 0 Å². The lowest BCUT2D eigenvalue weighted by Crippen LogP contribution is -2.18. The van der Waals surface area contributed by atoms with Gasteiger partial charge in [0.05, 0.1) is 23.6 Å². The molecule has 0 radical (unpaired) electrons. The van der Waals surface area contributed by atoms with Gasteiger partial charge in [-0.2, -0.15) is 0 Å². The fourth-order valence-corrected chi connectivity index (χ4v) is 2.72. The van der Waals surface area contributed by atoms with E-state index in [1.165, 1.54) is 38.5 Å². The zero-order valence-electron chi connectivity index (χ0n) is 10.9. The van der Waals surface area contributed by atoms with Gasteiger partial charge in [0.15, 0.2) is 0 Å². The predicted molar refractivity (Wildman–Crippen MR) is 69.8 cm³/mol. The van der Waals surface area contributed by atoms with Crippen molar-refractivity contribution in [3.63, 3.8) is 0 Å². The van der Waals surface area contributed by atoms with Crippen molar-refractivity contribution in [2.45, 2.75) is 51.5 Å². The van der Waals surface area contributed by atoms with Crippen molar-refractivity contribution in [1.82, 2.24) is 15.3 Å². The Morgan fingerprint density at radius 1 is 1.29 bits per heavy atom. The van der Waals surface area contributed by atoms with Crippen LogP contribution in [0.2, 0.25) is 0 Å². The maximum Gasteiger partial charge on any atom is 0.0756 e. The lowest BCUT2D eigenvalue weighted by molar-refractivity contribution is 0.422. The Morgan fingerprint density at radius 3 is 2.65 bits per heavy atom. The van der Waals surface area contributed by atoms with Crippen molar-refractivity contribution in [3.05, 3.63) is 23.8 Å². The number of rotatable bonds is 5. The van der Waals surface area contributed by atoms with Crippen LogP contribution in [0.4, 0.5) is 0 Å². The number of hydrogen-bond donors (Lipinski definition) is 1. The Morgan fingerprint density at radius 2 is 2.06 bits per heavy atom. The van der Waals surface area contributed by atoms with Crippen molar-refractivity contribution in [2.24, 2.45) is 5.92 Å². The van der Waals surface area contributed by atoms with Gasteiger partial charge in [0, 0.05) is 6.20 Å². The van der Waals surface area contributed by atoms with Gasteiger partial charge in [0.1, 0.15) is 0 Å². The first kappa shape index (κ1) is 12.5. The largest absolute Gasteiger partial charge is 0.312 e. The van der Waals surface area contributed by atoms with Gasteiger partial charge in [-0.3, -0.25) is 9.97 Å². The van der Waals surface area contributed by atoms with Gasteiger partial charge in [0.25, 0.3) is 0 Å². The predicted octanol–water partition coefficient (Wildman–Crippen LogP) is 3.02. The molecule has 1 aromatic rings. The summed E-state index contributed by atoms with van der Waals surface area (Å²) in [6.07, 6.45) is 12.0. The molecule has 1 fully saturated rings. The summed E-state index contributed by atoms with van der Waals surface area (Å²) in [5.74, 6) is 0.948. The second-order valence-corrected chi connectivity index (χ2v) is 5.15. The van der Waals surface area contributed by atoms with Crippen LogP contribution in [0.1, 0.15) is 56.0 Å². The summed E-state index contributed by atoms with van der Waals surface area (Å²) in [6.45, 7) is 1.98. The molecule has 0 amide bonds. The Balaban J connectivity index is 1.89. The van der Waals surface area contributed by atoms with E-state index in [2.05, 4.69) is 15.3 Å². The Kier molecular flexibility index (Phi) is 4.49. The van der Waals surface area contributed by atoms with Crippen molar-refractivity contribution in [3.8, 4) is 0 Å². The molecular weight excluding hydrogens is 210 g/mol. The van der Waals surface area contributed by atoms with Gasteiger partial charge in [-0.25, -0.2) is 0 Å². The minimum Gasteiger partial charge on any atom is -0.312 e. The average Bonchev–Trinajstić information content (AvgIpc) is 2.85. The van der Waals surface area contributed by atoms with E-state index in [9.17, 15) is 0 Å². The third kappa shape index (κ3) is 3.50. The molecule has 3 heteroatoms. The monoisotopic (exact) mass is 233 g/mol. The van der Waals surface area contributed by atoms with Gasteiger partial charge < -0.3 is 5.32 Å². The molecule has 3 nitrogen and oxygen atoms in total. The standard InChI is InChI=1S/C14H23N3/c1-11-9-17-14(10-16-11)13(15-2)8-7-12-5-3-4-6-12/h9-10,12-13,15H,3-8H2,1-2H3. The van der Waals surface area contributed by atoms with E-state index in [1.54, 1.807) is 0 Å². The van der Waals surface area contributed by atoms with E-state index in [-0.39, 0.29) is 0 Å². The average molecular weight is 233 g/mol. The zero-order chi connectivity index (χ0) is 12.1. The molecule has 1 aliphatic carbocycles. The third-order valence-electron chi connectivity index (χ3n) is 3.84. The number of hydrogen-bond acceptors (Lipinski definition) is 3. The molecule has 0 aromatic carbocycles. The van der Waals surface area contributed by atoms with Crippen LogP contribution in [-0.2, 0) is 0 Å². The number of aromatic nitrogens is 2. The molecule has 0 bridgehead atoms. The fraction of sp³-hybridized carbons (Fsp3) is 0.714. The molecular formula is C14H23N3. The highest BCUT2D eigenvalue weighted by Gasteiger charge is 2.18. The van der Waals surface area contributed by atoms with Gasteiger partial charge in [-0.05, 0) is 32.7 Å². The molecule has 2 rings (SSSR count). The third-order valence-corrected chi connectivity index (χ3v) is 3.84. The van der Waals surface area contributed by atoms with E-state index >= 15 is 0 Å². The van der Waals surface area contributed by atoms with E-state index in [4.69, 9.17) is 0 Å². The second-order valence-electron chi connectivity index (χ2n) is 5.15. The van der Waals surface area contributed by atoms with Crippen LogP contribution >= 0.6 is 0 Å². The smallest absolute Gasteiger partial charge is 0.0756 e. The van der Waals surface area contributed by atoms with E-state index in [0.717, 1.165) is 17.3 Å². The van der Waals surface area contributed by atoms with Crippen LogP contribution in [0.5, 0.6) is 0 Å². The van der Waals surface area contributed by atoms with Crippen molar-refractivity contribution in [2.75, 3.05) is 7.05 Å². The van der Waals surface area contributed by atoms with Gasteiger partial charge in [-0.15, -0.1) is 0 Å². The molecule has 1 heterocycles. The molecule has 0 aliphatic heterocycles. The molecule has 0 spiro atoms. The van der Waals surface area contributed by atoms with Crippen LogP contribution in [0, 0.1) is 12.8 Å². The SMILES string of the molecule is CNC(CCC1CCCC1)c1cnc(C)cn1. The Labute approximate surface area is 104 Å². The zero-order valence-corrected chi connectivity index (χ0v) is 10.9. The first-order valence-electron chi connectivity index (χ1n) is 6.75. The minimum atomic E-state index is 0.365. The highest BCUT2D eigenvalue weighted by Crippen LogP contribution is 2.30.